The van der Waals surface area contributed by atoms with E-state index in [1.807, 2.05) is 47.8 Å². The van der Waals surface area contributed by atoms with Crippen LogP contribution in [0.4, 0.5) is 0 Å². The molecule has 0 saturated heterocycles. The molecule has 7 nitrogen and oxygen atoms in total. The van der Waals surface area contributed by atoms with Crippen LogP contribution in [0.1, 0.15) is 21.5 Å². The number of methoxy groups -OCH3 is 3. The Kier molecular flexibility index (Phi) is 6.95. The van der Waals surface area contributed by atoms with Crippen LogP contribution in [-0.2, 0) is 13.1 Å². The van der Waals surface area contributed by atoms with Crippen molar-refractivity contribution < 1.29 is 19.0 Å². The molecular weight excluding hydrogens is 438 g/mol. The average Bonchev–Trinajstić information content (AvgIpc) is 3.52. The van der Waals surface area contributed by atoms with E-state index >= 15 is 0 Å². The van der Waals surface area contributed by atoms with E-state index in [1.165, 1.54) is 0 Å². The summed E-state index contributed by atoms with van der Waals surface area (Å²) in [5, 5.41) is 9.68. The fraction of sp³-hybridized carbons (Fsp3) is 0.200. The van der Waals surface area contributed by atoms with E-state index in [-0.39, 0.29) is 12.5 Å². The maximum Gasteiger partial charge on any atom is 0.255 e. The standard InChI is InChI=1S/C25H25N3O4S/c1-30-18-12-21(31-2)19(22(13-18)32-3)14-26-25(29)20-16-28(15-17-8-5-4-6-9-17)27-24(20)23-10-7-11-33-23/h4-13,16H,14-15H2,1-3H3,(H,26,29). The SMILES string of the molecule is COc1cc(OC)c(CNC(=O)c2cn(Cc3ccccc3)nc2-c2cccs2)c(OC)c1. The van der Waals surface area contributed by atoms with E-state index in [0.29, 0.717) is 35.1 Å². The molecule has 0 spiro atoms. The van der Waals surface area contributed by atoms with E-state index in [1.54, 1.807) is 55.7 Å². The second-order valence-corrected chi connectivity index (χ2v) is 8.19. The fourth-order valence-electron chi connectivity index (χ4n) is 3.55. The van der Waals surface area contributed by atoms with Gasteiger partial charge < -0.3 is 19.5 Å². The van der Waals surface area contributed by atoms with Crippen molar-refractivity contribution in [3.63, 3.8) is 0 Å². The molecule has 2 aromatic carbocycles. The zero-order chi connectivity index (χ0) is 23.2. The first-order chi connectivity index (χ1) is 16.1. The van der Waals surface area contributed by atoms with Gasteiger partial charge in [0.25, 0.3) is 5.91 Å². The number of hydrogen-bond acceptors (Lipinski definition) is 6. The van der Waals surface area contributed by atoms with Gasteiger partial charge >= 0.3 is 0 Å². The minimum Gasteiger partial charge on any atom is -0.496 e. The average molecular weight is 464 g/mol. The summed E-state index contributed by atoms with van der Waals surface area (Å²) >= 11 is 1.55. The third-order valence-corrected chi connectivity index (χ3v) is 6.07. The quantitative estimate of drug-likeness (QED) is 0.392. The Bertz CT molecular complexity index is 1190. The number of benzene rings is 2. The van der Waals surface area contributed by atoms with Crippen molar-refractivity contribution in [2.24, 2.45) is 0 Å². The number of thiophene rings is 1. The number of carbonyl (C=O) groups is 1. The first-order valence-electron chi connectivity index (χ1n) is 10.3. The van der Waals surface area contributed by atoms with Gasteiger partial charge in [-0.2, -0.15) is 5.10 Å². The van der Waals surface area contributed by atoms with Crippen LogP contribution < -0.4 is 19.5 Å². The van der Waals surface area contributed by atoms with Crippen LogP contribution in [0.3, 0.4) is 0 Å². The smallest absolute Gasteiger partial charge is 0.255 e. The summed E-state index contributed by atoms with van der Waals surface area (Å²) in [6, 6.07) is 17.5. The molecule has 2 aromatic heterocycles. The number of hydrogen-bond donors (Lipinski definition) is 1. The lowest BCUT2D eigenvalue weighted by molar-refractivity contribution is 0.0951. The van der Waals surface area contributed by atoms with Crippen LogP contribution in [0.2, 0.25) is 0 Å². The highest BCUT2D eigenvalue weighted by molar-refractivity contribution is 7.13. The van der Waals surface area contributed by atoms with E-state index in [4.69, 9.17) is 19.3 Å². The van der Waals surface area contributed by atoms with Gasteiger partial charge in [0.15, 0.2) is 0 Å². The number of aromatic nitrogens is 2. The maximum atomic E-state index is 13.3. The number of rotatable bonds is 9. The van der Waals surface area contributed by atoms with Crippen LogP contribution in [-0.4, -0.2) is 37.0 Å². The molecule has 0 saturated carbocycles. The van der Waals surface area contributed by atoms with Crippen molar-refractivity contribution in [1.82, 2.24) is 15.1 Å². The van der Waals surface area contributed by atoms with Crippen molar-refractivity contribution in [3.05, 3.63) is 82.9 Å². The molecule has 4 aromatic rings. The lowest BCUT2D eigenvalue weighted by Crippen LogP contribution is -2.23. The highest BCUT2D eigenvalue weighted by Gasteiger charge is 2.20. The fourth-order valence-corrected chi connectivity index (χ4v) is 4.27. The molecule has 0 radical (unpaired) electrons. The normalized spacial score (nSPS) is 10.6. The molecule has 0 unspecified atom stereocenters. The molecule has 0 aliphatic heterocycles. The van der Waals surface area contributed by atoms with Crippen LogP contribution in [0.15, 0.2) is 66.2 Å². The van der Waals surface area contributed by atoms with Gasteiger partial charge in [-0.05, 0) is 17.0 Å². The lowest BCUT2D eigenvalue weighted by Gasteiger charge is -2.15. The number of carbonyl (C=O) groups excluding carboxylic acids is 1. The van der Waals surface area contributed by atoms with Gasteiger partial charge in [0, 0.05) is 18.3 Å². The van der Waals surface area contributed by atoms with Crippen molar-refractivity contribution in [2.45, 2.75) is 13.1 Å². The zero-order valence-corrected chi connectivity index (χ0v) is 19.5. The second-order valence-electron chi connectivity index (χ2n) is 7.25. The van der Waals surface area contributed by atoms with Crippen LogP contribution >= 0.6 is 11.3 Å². The van der Waals surface area contributed by atoms with Gasteiger partial charge in [0.05, 0.1) is 50.4 Å². The zero-order valence-electron chi connectivity index (χ0n) is 18.7. The van der Waals surface area contributed by atoms with Crippen LogP contribution in [0.5, 0.6) is 17.2 Å². The molecule has 33 heavy (non-hydrogen) atoms. The third kappa shape index (κ3) is 5.01. The molecule has 0 bridgehead atoms. The summed E-state index contributed by atoms with van der Waals surface area (Å²) < 4.78 is 18.1. The number of ether oxygens (including phenoxy) is 3. The van der Waals surface area contributed by atoms with Crippen molar-refractivity contribution in [1.29, 1.82) is 0 Å². The van der Waals surface area contributed by atoms with E-state index in [9.17, 15) is 4.79 Å². The summed E-state index contributed by atoms with van der Waals surface area (Å²) in [6.07, 6.45) is 1.79. The summed E-state index contributed by atoms with van der Waals surface area (Å²) in [5.74, 6) is 1.54. The van der Waals surface area contributed by atoms with Crippen molar-refractivity contribution in [3.8, 4) is 27.8 Å². The monoisotopic (exact) mass is 463 g/mol. The van der Waals surface area contributed by atoms with E-state index < -0.39 is 0 Å². The summed E-state index contributed by atoms with van der Waals surface area (Å²) in [4.78, 5) is 14.2. The molecule has 8 heteroatoms. The topological polar surface area (TPSA) is 74.6 Å². The Morgan fingerprint density at radius 2 is 1.73 bits per heavy atom. The second kappa shape index (κ2) is 10.2. The first kappa shape index (κ1) is 22.4. The molecule has 0 aliphatic carbocycles. The maximum absolute atomic E-state index is 13.3. The predicted molar refractivity (Wildman–Crippen MR) is 128 cm³/mol. The van der Waals surface area contributed by atoms with E-state index in [2.05, 4.69) is 5.32 Å². The Balaban J connectivity index is 1.61. The molecule has 0 aliphatic rings. The van der Waals surface area contributed by atoms with Gasteiger partial charge in [-0.25, -0.2) is 0 Å². The largest absolute Gasteiger partial charge is 0.496 e. The Morgan fingerprint density at radius 3 is 2.33 bits per heavy atom. The van der Waals surface area contributed by atoms with Crippen LogP contribution in [0.25, 0.3) is 10.6 Å². The van der Waals surface area contributed by atoms with Gasteiger partial charge in [-0.1, -0.05) is 36.4 Å². The first-order valence-corrected chi connectivity index (χ1v) is 11.2. The predicted octanol–water partition coefficient (Wildman–Crippen LogP) is 4.62. The van der Waals surface area contributed by atoms with Crippen LogP contribution in [0, 0.1) is 0 Å². The Hall–Kier alpha value is -3.78. The molecule has 1 N–H and O–H groups in total. The summed E-state index contributed by atoms with van der Waals surface area (Å²) in [6.45, 7) is 0.801. The van der Waals surface area contributed by atoms with Gasteiger partial charge in [0.1, 0.15) is 22.9 Å². The molecule has 2 heterocycles. The highest BCUT2D eigenvalue weighted by atomic mass is 32.1. The van der Waals surface area contributed by atoms with Crippen molar-refractivity contribution >= 4 is 17.2 Å². The summed E-state index contributed by atoms with van der Waals surface area (Å²) in [5.41, 5.74) is 3.01. The number of nitrogens with one attached hydrogen (secondary N) is 1. The molecule has 170 valence electrons. The van der Waals surface area contributed by atoms with Gasteiger partial charge in [-0.15, -0.1) is 11.3 Å². The molecular formula is C25H25N3O4S. The van der Waals surface area contributed by atoms with Gasteiger partial charge in [0.2, 0.25) is 0 Å². The summed E-state index contributed by atoms with van der Waals surface area (Å²) in [7, 11) is 4.72. The van der Waals surface area contributed by atoms with Crippen molar-refractivity contribution in [2.75, 3.05) is 21.3 Å². The Morgan fingerprint density at radius 1 is 1.00 bits per heavy atom. The lowest BCUT2D eigenvalue weighted by atomic mass is 10.1. The Labute approximate surface area is 196 Å². The minimum atomic E-state index is -0.224. The highest BCUT2D eigenvalue weighted by Crippen LogP contribution is 2.34. The number of nitrogens with zero attached hydrogens (tertiary/aromatic N) is 2. The molecule has 4 rings (SSSR count). The van der Waals surface area contributed by atoms with Gasteiger partial charge in [-0.3, -0.25) is 9.48 Å². The molecule has 0 atom stereocenters. The van der Waals surface area contributed by atoms with E-state index in [0.717, 1.165) is 16.0 Å². The molecule has 0 fully saturated rings. The number of amides is 1. The third-order valence-electron chi connectivity index (χ3n) is 5.19. The minimum absolute atomic E-state index is 0.224. The molecule has 1 amide bonds.